The second kappa shape index (κ2) is 6.07. The van der Waals surface area contributed by atoms with Gasteiger partial charge in [0.2, 0.25) is 0 Å². The van der Waals surface area contributed by atoms with Crippen molar-refractivity contribution in [3.63, 3.8) is 0 Å². The van der Waals surface area contributed by atoms with Crippen LogP contribution in [0.5, 0.6) is 0 Å². The molecule has 0 saturated carbocycles. The number of nitrogens with one attached hydrogen (secondary N) is 1. The quantitative estimate of drug-likeness (QED) is 0.727. The van der Waals surface area contributed by atoms with E-state index in [9.17, 15) is 0 Å². The van der Waals surface area contributed by atoms with E-state index in [1.54, 1.807) is 11.3 Å². The van der Waals surface area contributed by atoms with Crippen LogP contribution in [0, 0.1) is 0 Å². The first-order valence-corrected chi connectivity index (χ1v) is 5.60. The van der Waals surface area contributed by atoms with Crippen LogP contribution in [0.4, 0.5) is 0 Å². The van der Waals surface area contributed by atoms with Gasteiger partial charge in [-0.15, -0.1) is 11.3 Å². The molecule has 4 heteroatoms. The highest BCUT2D eigenvalue weighted by Gasteiger charge is 2.00. The largest absolute Gasteiger partial charge is 0.327 e. The summed E-state index contributed by atoms with van der Waals surface area (Å²) in [7, 11) is 0. The van der Waals surface area contributed by atoms with E-state index < -0.39 is 0 Å². The molecule has 0 bridgehead atoms. The molecule has 1 heterocycles. The molecule has 74 valence electrons. The highest BCUT2D eigenvalue weighted by Crippen LogP contribution is 1.99. The highest BCUT2D eigenvalue weighted by atomic mass is 32.1. The standard InChI is InChI=1S/C9H17N3S/c1-2-3-8(10)4-11-5-9-6-13-7-12-9/h6-8,11H,2-5,10H2,1H3. The van der Waals surface area contributed by atoms with Gasteiger partial charge in [0.25, 0.3) is 0 Å². The van der Waals surface area contributed by atoms with E-state index in [0.717, 1.165) is 31.6 Å². The molecule has 0 saturated heterocycles. The Hall–Kier alpha value is -0.450. The van der Waals surface area contributed by atoms with Crippen molar-refractivity contribution in [2.24, 2.45) is 5.73 Å². The van der Waals surface area contributed by atoms with Gasteiger partial charge < -0.3 is 11.1 Å². The van der Waals surface area contributed by atoms with Crippen molar-refractivity contribution in [1.82, 2.24) is 10.3 Å². The molecule has 0 aliphatic heterocycles. The Balaban J connectivity index is 2.07. The minimum Gasteiger partial charge on any atom is -0.327 e. The Morgan fingerprint density at radius 3 is 3.15 bits per heavy atom. The molecular formula is C9H17N3S. The lowest BCUT2D eigenvalue weighted by atomic mass is 10.2. The Bertz CT molecular complexity index is 211. The zero-order valence-corrected chi connectivity index (χ0v) is 8.81. The Kier molecular flexibility index (Phi) is 4.97. The molecule has 3 N–H and O–H groups in total. The number of rotatable bonds is 6. The molecule has 0 aromatic carbocycles. The molecule has 0 aliphatic carbocycles. The lowest BCUT2D eigenvalue weighted by molar-refractivity contribution is 0.536. The normalized spacial score (nSPS) is 13.1. The van der Waals surface area contributed by atoms with Crippen molar-refractivity contribution < 1.29 is 0 Å². The summed E-state index contributed by atoms with van der Waals surface area (Å²) >= 11 is 1.63. The molecule has 1 aromatic heterocycles. The summed E-state index contributed by atoms with van der Waals surface area (Å²) in [5.41, 5.74) is 8.80. The van der Waals surface area contributed by atoms with Crippen molar-refractivity contribution in [3.05, 3.63) is 16.6 Å². The average Bonchev–Trinajstić information content (AvgIpc) is 2.57. The molecule has 1 atom stereocenters. The van der Waals surface area contributed by atoms with Crippen LogP contribution in [0.2, 0.25) is 0 Å². The van der Waals surface area contributed by atoms with E-state index in [1.165, 1.54) is 0 Å². The van der Waals surface area contributed by atoms with Gasteiger partial charge >= 0.3 is 0 Å². The number of nitrogens with two attached hydrogens (primary N) is 1. The fourth-order valence-electron chi connectivity index (χ4n) is 1.18. The zero-order chi connectivity index (χ0) is 9.52. The Morgan fingerprint density at radius 1 is 1.69 bits per heavy atom. The van der Waals surface area contributed by atoms with E-state index in [4.69, 9.17) is 5.73 Å². The van der Waals surface area contributed by atoms with Crippen molar-refractivity contribution in [1.29, 1.82) is 0 Å². The topological polar surface area (TPSA) is 50.9 Å². The van der Waals surface area contributed by atoms with Gasteiger partial charge in [-0.1, -0.05) is 13.3 Å². The number of nitrogens with zero attached hydrogens (tertiary/aromatic N) is 1. The van der Waals surface area contributed by atoms with Crippen molar-refractivity contribution in [2.45, 2.75) is 32.4 Å². The summed E-state index contributed by atoms with van der Waals surface area (Å²) in [6.07, 6.45) is 2.24. The smallest absolute Gasteiger partial charge is 0.0795 e. The van der Waals surface area contributed by atoms with Gasteiger partial charge in [-0.2, -0.15) is 0 Å². The molecule has 13 heavy (non-hydrogen) atoms. The van der Waals surface area contributed by atoms with Gasteiger partial charge in [-0.3, -0.25) is 0 Å². The maximum Gasteiger partial charge on any atom is 0.0795 e. The molecule has 0 spiro atoms. The van der Waals surface area contributed by atoms with Crippen LogP contribution < -0.4 is 11.1 Å². The van der Waals surface area contributed by atoms with Crippen LogP contribution in [0.15, 0.2) is 10.9 Å². The number of hydrogen-bond acceptors (Lipinski definition) is 4. The minimum absolute atomic E-state index is 0.281. The average molecular weight is 199 g/mol. The van der Waals surface area contributed by atoms with Gasteiger partial charge in [0.05, 0.1) is 11.2 Å². The highest BCUT2D eigenvalue weighted by molar-refractivity contribution is 7.07. The second-order valence-corrected chi connectivity index (χ2v) is 3.88. The van der Waals surface area contributed by atoms with Crippen molar-refractivity contribution in [2.75, 3.05) is 6.54 Å². The van der Waals surface area contributed by atoms with E-state index in [2.05, 4.69) is 22.6 Å². The van der Waals surface area contributed by atoms with Gasteiger partial charge in [0.15, 0.2) is 0 Å². The number of thiazole rings is 1. The maximum absolute atomic E-state index is 5.84. The summed E-state index contributed by atoms with van der Waals surface area (Å²) in [6.45, 7) is 3.87. The summed E-state index contributed by atoms with van der Waals surface area (Å²) in [5, 5.41) is 5.35. The van der Waals surface area contributed by atoms with E-state index >= 15 is 0 Å². The predicted molar refractivity (Wildman–Crippen MR) is 56.7 cm³/mol. The summed E-state index contributed by atoms with van der Waals surface area (Å²) in [4.78, 5) is 4.17. The van der Waals surface area contributed by atoms with Gasteiger partial charge in [0.1, 0.15) is 0 Å². The third-order valence-electron chi connectivity index (χ3n) is 1.86. The van der Waals surface area contributed by atoms with Crippen LogP contribution in [0.25, 0.3) is 0 Å². The maximum atomic E-state index is 5.84. The molecule has 1 unspecified atom stereocenters. The van der Waals surface area contributed by atoms with E-state index in [1.807, 2.05) is 5.51 Å². The molecular weight excluding hydrogens is 182 g/mol. The fourth-order valence-corrected chi connectivity index (χ4v) is 1.74. The minimum atomic E-state index is 0.281. The first-order valence-electron chi connectivity index (χ1n) is 4.66. The molecule has 0 fully saturated rings. The van der Waals surface area contributed by atoms with E-state index in [-0.39, 0.29) is 6.04 Å². The lowest BCUT2D eigenvalue weighted by Gasteiger charge is -2.10. The van der Waals surface area contributed by atoms with Gasteiger partial charge in [-0.25, -0.2) is 4.98 Å². The molecule has 0 radical (unpaired) electrons. The predicted octanol–water partition coefficient (Wildman–Crippen LogP) is 1.36. The number of aromatic nitrogens is 1. The molecule has 0 aliphatic rings. The molecule has 0 amide bonds. The SMILES string of the molecule is CCCC(N)CNCc1cscn1. The van der Waals surface area contributed by atoms with Crippen LogP contribution in [0.1, 0.15) is 25.5 Å². The monoisotopic (exact) mass is 199 g/mol. The zero-order valence-electron chi connectivity index (χ0n) is 7.99. The summed E-state index contributed by atoms with van der Waals surface area (Å²) in [5.74, 6) is 0. The molecule has 3 nitrogen and oxygen atoms in total. The van der Waals surface area contributed by atoms with Gasteiger partial charge in [-0.05, 0) is 6.42 Å². The number of hydrogen-bond donors (Lipinski definition) is 2. The summed E-state index contributed by atoms with van der Waals surface area (Å²) in [6, 6.07) is 0.281. The van der Waals surface area contributed by atoms with E-state index in [0.29, 0.717) is 0 Å². The summed E-state index contributed by atoms with van der Waals surface area (Å²) < 4.78 is 0. The van der Waals surface area contributed by atoms with Crippen LogP contribution >= 0.6 is 11.3 Å². The fraction of sp³-hybridized carbons (Fsp3) is 0.667. The first-order chi connectivity index (χ1) is 6.33. The third-order valence-corrected chi connectivity index (χ3v) is 2.49. The first kappa shape index (κ1) is 10.6. The van der Waals surface area contributed by atoms with Gasteiger partial charge in [0, 0.05) is 24.5 Å². The second-order valence-electron chi connectivity index (χ2n) is 3.16. The molecule has 1 rings (SSSR count). The lowest BCUT2D eigenvalue weighted by Crippen LogP contribution is -2.33. The Morgan fingerprint density at radius 2 is 2.54 bits per heavy atom. The van der Waals surface area contributed by atoms with Crippen LogP contribution in [-0.4, -0.2) is 17.6 Å². The van der Waals surface area contributed by atoms with Crippen molar-refractivity contribution in [3.8, 4) is 0 Å². The Labute approximate surface area is 83.4 Å². The van der Waals surface area contributed by atoms with Crippen LogP contribution in [-0.2, 0) is 6.54 Å². The van der Waals surface area contributed by atoms with Crippen LogP contribution in [0.3, 0.4) is 0 Å². The third kappa shape index (κ3) is 4.36. The molecule has 1 aromatic rings. The van der Waals surface area contributed by atoms with Crippen molar-refractivity contribution >= 4 is 11.3 Å².